The second kappa shape index (κ2) is 4.63. The normalized spacial score (nSPS) is 25.1. The van der Waals surface area contributed by atoms with Gasteiger partial charge < -0.3 is 4.90 Å². The van der Waals surface area contributed by atoms with Crippen molar-refractivity contribution < 1.29 is 0 Å². The minimum Gasteiger partial charge on any atom is -0.305 e. The fourth-order valence-electron chi connectivity index (χ4n) is 1.91. The molecule has 1 heterocycles. The third-order valence-electron chi connectivity index (χ3n) is 2.65. The first-order valence-electron chi connectivity index (χ1n) is 4.81. The van der Waals surface area contributed by atoms with Crippen molar-refractivity contribution in [1.82, 2.24) is 9.80 Å². The van der Waals surface area contributed by atoms with Gasteiger partial charge in [-0.05, 0) is 26.6 Å². The first kappa shape index (κ1) is 9.75. The van der Waals surface area contributed by atoms with Gasteiger partial charge in [0, 0.05) is 19.1 Å². The van der Waals surface area contributed by atoms with Crippen LogP contribution in [-0.4, -0.2) is 49.1 Å². The smallest absolute Gasteiger partial charge is 0.0238 e. The lowest BCUT2D eigenvalue weighted by molar-refractivity contribution is 0.229. The van der Waals surface area contributed by atoms with Crippen LogP contribution in [0.15, 0.2) is 12.7 Å². The Bertz CT molecular complexity index is 145. The molecule has 1 unspecified atom stereocenters. The molecule has 0 N–H and O–H groups in total. The van der Waals surface area contributed by atoms with Crippen molar-refractivity contribution >= 4 is 0 Å². The minimum absolute atomic E-state index is 0.762. The van der Waals surface area contributed by atoms with E-state index >= 15 is 0 Å². The van der Waals surface area contributed by atoms with Gasteiger partial charge in [-0.15, -0.1) is 6.58 Å². The predicted molar refractivity (Wildman–Crippen MR) is 53.3 cm³/mol. The van der Waals surface area contributed by atoms with E-state index in [-0.39, 0.29) is 0 Å². The standard InChI is InChI=1S/C10H20N2/c1-4-7-12(5-2)10-6-8-11(3)9-10/h4,10H,1,5-9H2,2-3H3. The molecule has 0 spiro atoms. The number of hydrogen-bond donors (Lipinski definition) is 0. The SMILES string of the molecule is C=CCN(CC)C1CCN(C)C1. The molecule has 0 aliphatic carbocycles. The maximum absolute atomic E-state index is 3.78. The number of likely N-dealkylation sites (N-methyl/N-ethyl adjacent to an activating group) is 2. The number of nitrogens with zero attached hydrogens (tertiary/aromatic N) is 2. The van der Waals surface area contributed by atoms with Gasteiger partial charge in [-0.25, -0.2) is 0 Å². The number of likely N-dealkylation sites (tertiary alicyclic amines) is 1. The molecule has 0 amide bonds. The van der Waals surface area contributed by atoms with Crippen molar-refractivity contribution in [3.63, 3.8) is 0 Å². The van der Waals surface area contributed by atoms with Crippen LogP contribution in [0.1, 0.15) is 13.3 Å². The molecular weight excluding hydrogens is 148 g/mol. The summed E-state index contributed by atoms with van der Waals surface area (Å²) < 4.78 is 0. The Morgan fingerprint density at radius 3 is 2.83 bits per heavy atom. The molecule has 1 atom stereocenters. The van der Waals surface area contributed by atoms with E-state index in [9.17, 15) is 0 Å². The lowest BCUT2D eigenvalue weighted by atomic mass is 10.2. The lowest BCUT2D eigenvalue weighted by Gasteiger charge is -2.25. The molecule has 2 heteroatoms. The summed E-state index contributed by atoms with van der Waals surface area (Å²) in [4.78, 5) is 4.90. The first-order chi connectivity index (χ1) is 5.77. The molecule has 1 fully saturated rings. The van der Waals surface area contributed by atoms with Crippen LogP contribution < -0.4 is 0 Å². The highest BCUT2D eigenvalue weighted by molar-refractivity contribution is 4.84. The summed E-state index contributed by atoms with van der Waals surface area (Å²) in [5.41, 5.74) is 0. The summed E-state index contributed by atoms with van der Waals surface area (Å²) in [6, 6.07) is 0.762. The zero-order valence-corrected chi connectivity index (χ0v) is 8.29. The molecule has 0 bridgehead atoms. The topological polar surface area (TPSA) is 6.48 Å². The Hall–Kier alpha value is -0.340. The van der Waals surface area contributed by atoms with E-state index in [2.05, 4.69) is 30.4 Å². The van der Waals surface area contributed by atoms with Crippen molar-refractivity contribution in [3.05, 3.63) is 12.7 Å². The van der Waals surface area contributed by atoms with Crippen LogP contribution in [0.4, 0.5) is 0 Å². The molecule has 1 rings (SSSR count). The van der Waals surface area contributed by atoms with Gasteiger partial charge in [0.05, 0.1) is 0 Å². The van der Waals surface area contributed by atoms with E-state index in [0.717, 1.165) is 19.1 Å². The monoisotopic (exact) mass is 168 g/mol. The van der Waals surface area contributed by atoms with Crippen LogP contribution in [0.5, 0.6) is 0 Å². The van der Waals surface area contributed by atoms with E-state index in [1.165, 1.54) is 19.5 Å². The highest BCUT2D eigenvalue weighted by Gasteiger charge is 2.23. The zero-order valence-electron chi connectivity index (χ0n) is 8.29. The molecule has 2 nitrogen and oxygen atoms in total. The van der Waals surface area contributed by atoms with Crippen LogP contribution in [0.2, 0.25) is 0 Å². The summed E-state index contributed by atoms with van der Waals surface area (Å²) in [6.45, 7) is 10.7. The number of hydrogen-bond acceptors (Lipinski definition) is 2. The van der Waals surface area contributed by atoms with E-state index < -0.39 is 0 Å². The Morgan fingerprint density at radius 2 is 2.42 bits per heavy atom. The third-order valence-corrected chi connectivity index (χ3v) is 2.65. The summed E-state index contributed by atoms with van der Waals surface area (Å²) >= 11 is 0. The van der Waals surface area contributed by atoms with E-state index in [4.69, 9.17) is 0 Å². The summed E-state index contributed by atoms with van der Waals surface area (Å²) in [5, 5.41) is 0. The molecular formula is C10H20N2. The molecule has 0 aromatic carbocycles. The maximum Gasteiger partial charge on any atom is 0.0238 e. The quantitative estimate of drug-likeness (QED) is 0.582. The van der Waals surface area contributed by atoms with Gasteiger partial charge in [-0.2, -0.15) is 0 Å². The Morgan fingerprint density at radius 1 is 1.67 bits per heavy atom. The molecule has 0 radical (unpaired) electrons. The van der Waals surface area contributed by atoms with Crippen molar-refractivity contribution in [2.24, 2.45) is 0 Å². The van der Waals surface area contributed by atoms with Gasteiger partial charge in [0.2, 0.25) is 0 Å². The Labute approximate surface area is 75.8 Å². The lowest BCUT2D eigenvalue weighted by Crippen LogP contribution is -2.36. The summed E-state index contributed by atoms with van der Waals surface area (Å²) in [7, 11) is 2.20. The van der Waals surface area contributed by atoms with Crippen LogP contribution in [0.25, 0.3) is 0 Å². The van der Waals surface area contributed by atoms with Crippen LogP contribution in [-0.2, 0) is 0 Å². The average Bonchev–Trinajstić information content (AvgIpc) is 2.47. The summed E-state index contributed by atoms with van der Waals surface area (Å²) in [5.74, 6) is 0. The van der Waals surface area contributed by atoms with Gasteiger partial charge in [-0.3, -0.25) is 4.90 Å². The van der Waals surface area contributed by atoms with Gasteiger partial charge in [0.15, 0.2) is 0 Å². The van der Waals surface area contributed by atoms with E-state index in [1.54, 1.807) is 0 Å². The summed E-state index contributed by atoms with van der Waals surface area (Å²) in [6.07, 6.45) is 3.32. The molecule has 70 valence electrons. The first-order valence-corrected chi connectivity index (χ1v) is 4.81. The molecule has 0 aromatic heterocycles. The Balaban J connectivity index is 2.38. The van der Waals surface area contributed by atoms with Crippen molar-refractivity contribution in [1.29, 1.82) is 0 Å². The second-order valence-corrected chi connectivity index (χ2v) is 3.58. The molecule has 1 aliphatic heterocycles. The van der Waals surface area contributed by atoms with Crippen molar-refractivity contribution in [3.8, 4) is 0 Å². The van der Waals surface area contributed by atoms with Gasteiger partial charge >= 0.3 is 0 Å². The highest BCUT2D eigenvalue weighted by Crippen LogP contribution is 2.13. The van der Waals surface area contributed by atoms with Gasteiger partial charge in [-0.1, -0.05) is 13.0 Å². The second-order valence-electron chi connectivity index (χ2n) is 3.58. The molecule has 1 saturated heterocycles. The van der Waals surface area contributed by atoms with E-state index in [0.29, 0.717) is 0 Å². The molecule has 1 aliphatic rings. The number of rotatable bonds is 4. The van der Waals surface area contributed by atoms with Crippen molar-refractivity contribution in [2.45, 2.75) is 19.4 Å². The van der Waals surface area contributed by atoms with E-state index in [1.807, 2.05) is 6.08 Å². The minimum atomic E-state index is 0.762. The van der Waals surface area contributed by atoms with Crippen molar-refractivity contribution in [2.75, 3.05) is 33.2 Å². The van der Waals surface area contributed by atoms with Crippen LogP contribution in [0, 0.1) is 0 Å². The molecule has 12 heavy (non-hydrogen) atoms. The Kier molecular flexibility index (Phi) is 3.76. The fourth-order valence-corrected chi connectivity index (χ4v) is 1.91. The average molecular weight is 168 g/mol. The fraction of sp³-hybridized carbons (Fsp3) is 0.800. The molecule has 0 aromatic rings. The largest absolute Gasteiger partial charge is 0.305 e. The molecule has 0 saturated carbocycles. The van der Waals surface area contributed by atoms with Gasteiger partial charge in [0.1, 0.15) is 0 Å². The van der Waals surface area contributed by atoms with Crippen LogP contribution in [0.3, 0.4) is 0 Å². The highest BCUT2D eigenvalue weighted by atomic mass is 15.2. The van der Waals surface area contributed by atoms with Gasteiger partial charge in [0.25, 0.3) is 0 Å². The third kappa shape index (κ3) is 2.32. The maximum atomic E-state index is 3.78. The van der Waals surface area contributed by atoms with Crippen LogP contribution >= 0.6 is 0 Å². The zero-order chi connectivity index (χ0) is 8.97. The predicted octanol–water partition coefficient (Wildman–Crippen LogP) is 1.20.